The molecule has 0 fully saturated rings. The van der Waals surface area contributed by atoms with E-state index in [1.807, 2.05) is 82.4 Å². The summed E-state index contributed by atoms with van der Waals surface area (Å²) >= 11 is 7.05. The maximum Gasteiger partial charge on any atom is 0.133 e. The molecule has 0 unspecified atom stereocenters. The Hall–Kier alpha value is -3.50. The Bertz CT molecular complexity index is 1380. The first kappa shape index (κ1) is 24.2. The van der Waals surface area contributed by atoms with Crippen LogP contribution in [0.15, 0.2) is 82.0 Å². The first-order valence-corrected chi connectivity index (χ1v) is 12.7. The summed E-state index contributed by atoms with van der Waals surface area (Å²) in [7, 11) is 3.30. The molecule has 0 atom stereocenters. The van der Waals surface area contributed by atoms with Crippen molar-refractivity contribution in [1.82, 2.24) is 30.0 Å². The molecule has 0 N–H and O–H groups in total. The summed E-state index contributed by atoms with van der Waals surface area (Å²) in [5.41, 5.74) is 5.78. The van der Waals surface area contributed by atoms with Crippen LogP contribution in [0.25, 0.3) is 22.5 Å². The van der Waals surface area contributed by atoms with Gasteiger partial charge < -0.3 is 9.47 Å². The van der Waals surface area contributed by atoms with Crippen molar-refractivity contribution in [2.75, 3.05) is 14.2 Å². The van der Waals surface area contributed by atoms with Gasteiger partial charge in [0.25, 0.3) is 0 Å². The number of aromatic nitrogens is 6. The van der Waals surface area contributed by atoms with Crippen molar-refractivity contribution in [1.29, 1.82) is 0 Å². The number of halogens is 2. The van der Waals surface area contributed by atoms with Crippen LogP contribution >= 0.6 is 31.9 Å². The standard InChI is InChI=1S/C26H22Br2N6O2/c1-35-25-9-3-17(11-21(25)27)13-33-15-23(29-31-33)19-5-7-20(8-6-19)24-16-34(32-30-24)14-18-4-10-26(36-2)22(28)12-18/h3-12,15-16H,13-14H2,1-2H3. The lowest BCUT2D eigenvalue weighted by atomic mass is 10.1. The van der Waals surface area contributed by atoms with Gasteiger partial charge in [-0.15, -0.1) is 10.2 Å². The molecule has 0 saturated heterocycles. The fraction of sp³-hybridized carbons (Fsp3) is 0.154. The predicted molar refractivity (Wildman–Crippen MR) is 144 cm³/mol. The van der Waals surface area contributed by atoms with Gasteiger partial charge in [0, 0.05) is 11.1 Å². The number of hydrogen-bond donors (Lipinski definition) is 0. The monoisotopic (exact) mass is 608 g/mol. The Morgan fingerprint density at radius 2 is 1.06 bits per heavy atom. The van der Waals surface area contributed by atoms with E-state index in [0.717, 1.165) is 54.1 Å². The van der Waals surface area contributed by atoms with Gasteiger partial charge in [0.05, 0.1) is 48.6 Å². The van der Waals surface area contributed by atoms with Crippen molar-refractivity contribution in [3.05, 3.63) is 93.1 Å². The van der Waals surface area contributed by atoms with Gasteiger partial charge in [0.1, 0.15) is 22.9 Å². The molecular formula is C26H22Br2N6O2. The summed E-state index contributed by atoms with van der Waals surface area (Å²) in [6.07, 6.45) is 3.88. The Kier molecular flexibility index (Phi) is 7.15. The Morgan fingerprint density at radius 3 is 1.42 bits per heavy atom. The Labute approximate surface area is 225 Å². The van der Waals surface area contributed by atoms with Crippen LogP contribution in [0.2, 0.25) is 0 Å². The zero-order valence-corrected chi connectivity index (χ0v) is 22.8. The molecule has 2 heterocycles. The zero-order chi connectivity index (χ0) is 25.1. The average molecular weight is 610 g/mol. The fourth-order valence-electron chi connectivity index (χ4n) is 3.82. The summed E-state index contributed by atoms with van der Waals surface area (Å²) in [5, 5.41) is 17.3. The molecule has 182 valence electrons. The van der Waals surface area contributed by atoms with Crippen molar-refractivity contribution < 1.29 is 9.47 Å². The second kappa shape index (κ2) is 10.6. The second-order valence-electron chi connectivity index (χ2n) is 8.12. The van der Waals surface area contributed by atoms with Gasteiger partial charge >= 0.3 is 0 Å². The highest BCUT2D eigenvalue weighted by Crippen LogP contribution is 2.27. The van der Waals surface area contributed by atoms with Crippen molar-refractivity contribution in [3.8, 4) is 34.0 Å². The molecule has 0 bridgehead atoms. The van der Waals surface area contributed by atoms with Crippen LogP contribution in [0.3, 0.4) is 0 Å². The Balaban J connectivity index is 1.26. The van der Waals surface area contributed by atoms with Gasteiger partial charge in [0.2, 0.25) is 0 Å². The number of methoxy groups -OCH3 is 2. The topological polar surface area (TPSA) is 79.9 Å². The van der Waals surface area contributed by atoms with Crippen molar-refractivity contribution >= 4 is 31.9 Å². The second-order valence-corrected chi connectivity index (χ2v) is 9.83. The highest BCUT2D eigenvalue weighted by Gasteiger charge is 2.10. The van der Waals surface area contributed by atoms with E-state index in [9.17, 15) is 0 Å². The van der Waals surface area contributed by atoms with Gasteiger partial charge in [-0.2, -0.15) is 0 Å². The molecule has 0 aliphatic carbocycles. The minimum atomic E-state index is 0.613. The van der Waals surface area contributed by atoms with Crippen LogP contribution in [0.1, 0.15) is 11.1 Å². The highest BCUT2D eigenvalue weighted by molar-refractivity contribution is 9.10. The summed E-state index contributed by atoms with van der Waals surface area (Å²) < 4.78 is 16.1. The zero-order valence-electron chi connectivity index (χ0n) is 19.6. The molecule has 0 radical (unpaired) electrons. The first-order chi connectivity index (χ1) is 17.5. The van der Waals surface area contributed by atoms with Crippen LogP contribution < -0.4 is 9.47 Å². The molecule has 8 nitrogen and oxygen atoms in total. The van der Waals surface area contributed by atoms with Crippen molar-refractivity contribution in [3.63, 3.8) is 0 Å². The molecule has 10 heteroatoms. The molecule has 0 aliphatic heterocycles. The number of ether oxygens (including phenoxy) is 2. The van der Waals surface area contributed by atoms with Gasteiger partial charge in [-0.1, -0.05) is 46.8 Å². The molecule has 5 aromatic rings. The van der Waals surface area contributed by atoms with Crippen molar-refractivity contribution in [2.24, 2.45) is 0 Å². The molecular weight excluding hydrogens is 588 g/mol. The maximum atomic E-state index is 5.30. The molecule has 2 aromatic heterocycles. The SMILES string of the molecule is COc1ccc(Cn2cc(-c3ccc(-c4cn(Cc5ccc(OC)c(Br)c5)nn4)cc3)nn2)cc1Br. The highest BCUT2D eigenvalue weighted by atomic mass is 79.9. The molecule has 0 aliphatic rings. The van der Waals surface area contributed by atoms with E-state index in [4.69, 9.17) is 9.47 Å². The van der Waals surface area contributed by atoms with Crippen molar-refractivity contribution in [2.45, 2.75) is 13.1 Å². The van der Waals surface area contributed by atoms with E-state index in [-0.39, 0.29) is 0 Å². The van der Waals surface area contributed by atoms with Gasteiger partial charge in [0.15, 0.2) is 0 Å². The average Bonchev–Trinajstić information content (AvgIpc) is 3.54. The van der Waals surface area contributed by atoms with Crippen LogP contribution in [-0.2, 0) is 13.1 Å². The summed E-state index contributed by atoms with van der Waals surface area (Å²) in [4.78, 5) is 0. The Morgan fingerprint density at radius 1 is 0.639 bits per heavy atom. The molecule has 3 aromatic carbocycles. The third-order valence-electron chi connectivity index (χ3n) is 5.68. The van der Waals surface area contributed by atoms with Crippen LogP contribution in [-0.4, -0.2) is 44.2 Å². The van der Waals surface area contributed by atoms with E-state index in [2.05, 4.69) is 52.5 Å². The lowest BCUT2D eigenvalue weighted by molar-refractivity contribution is 0.412. The fourth-order valence-corrected chi connectivity index (χ4v) is 4.99. The molecule has 5 rings (SSSR count). The molecule has 0 saturated carbocycles. The minimum Gasteiger partial charge on any atom is -0.496 e. The number of hydrogen-bond acceptors (Lipinski definition) is 6. The summed E-state index contributed by atoms with van der Waals surface area (Å²) in [5.74, 6) is 1.60. The van der Waals surface area contributed by atoms with Gasteiger partial charge in [-0.3, -0.25) is 0 Å². The molecule has 0 spiro atoms. The quantitative estimate of drug-likeness (QED) is 0.220. The first-order valence-electron chi connectivity index (χ1n) is 11.1. The summed E-state index contributed by atoms with van der Waals surface area (Å²) in [6.45, 7) is 1.23. The lowest BCUT2D eigenvalue weighted by Crippen LogP contribution is -2.00. The van der Waals surface area contributed by atoms with Crippen LogP contribution in [0.4, 0.5) is 0 Å². The van der Waals surface area contributed by atoms with E-state index in [1.54, 1.807) is 14.2 Å². The normalized spacial score (nSPS) is 11.0. The van der Waals surface area contributed by atoms with E-state index >= 15 is 0 Å². The van der Waals surface area contributed by atoms with E-state index in [0.29, 0.717) is 13.1 Å². The number of rotatable bonds is 8. The molecule has 36 heavy (non-hydrogen) atoms. The van der Waals surface area contributed by atoms with Gasteiger partial charge in [-0.25, -0.2) is 9.36 Å². The third kappa shape index (κ3) is 5.34. The minimum absolute atomic E-state index is 0.613. The van der Waals surface area contributed by atoms with Gasteiger partial charge in [-0.05, 0) is 67.3 Å². The number of nitrogens with zero attached hydrogens (tertiary/aromatic N) is 6. The van der Waals surface area contributed by atoms with Crippen LogP contribution in [0.5, 0.6) is 11.5 Å². The van der Waals surface area contributed by atoms with E-state index in [1.165, 1.54) is 0 Å². The molecule has 0 amide bonds. The maximum absolute atomic E-state index is 5.30. The largest absolute Gasteiger partial charge is 0.496 e. The van der Waals surface area contributed by atoms with E-state index < -0.39 is 0 Å². The third-order valence-corrected chi connectivity index (χ3v) is 6.91. The summed E-state index contributed by atoms with van der Waals surface area (Å²) in [6, 6.07) is 20.0. The number of benzene rings is 3. The van der Waals surface area contributed by atoms with Crippen LogP contribution in [0, 0.1) is 0 Å². The predicted octanol–water partition coefficient (Wildman–Crippen LogP) is 5.84. The lowest BCUT2D eigenvalue weighted by Gasteiger charge is -2.06. The smallest absolute Gasteiger partial charge is 0.133 e.